The zero-order valence-electron chi connectivity index (χ0n) is 16.9. The maximum absolute atomic E-state index is 12.7. The van der Waals surface area contributed by atoms with E-state index in [0.29, 0.717) is 11.7 Å². The summed E-state index contributed by atoms with van der Waals surface area (Å²) < 4.78 is 7.41. The lowest BCUT2D eigenvalue weighted by atomic mass is 10.2. The minimum absolute atomic E-state index is 0.0515. The molecule has 0 bridgehead atoms. The van der Waals surface area contributed by atoms with Gasteiger partial charge >= 0.3 is 0 Å². The molecule has 0 aliphatic carbocycles. The van der Waals surface area contributed by atoms with E-state index in [2.05, 4.69) is 30.4 Å². The van der Waals surface area contributed by atoms with Gasteiger partial charge in [0.25, 0.3) is 0 Å². The number of aromatic nitrogens is 5. The Morgan fingerprint density at radius 1 is 1.31 bits per heavy atom. The van der Waals surface area contributed by atoms with Gasteiger partial charge in [0.1, 0.15) is 0 Å². The molecule has 1 amide bonds. The van der Waals surface area contributed by atoms with Gasteiger partial charge in [-0.15, -0.1) is 0 Å². The van der Waals surface area contributed by atoms with E-state index in [1.807, 2.05) is 37.6 Å². The van der Waals surface area contributed by atoms with E-state index < -0.39 is 0 Å². The van der Waals surface area contributed by atoms with Crippen molar-refractivity contribution in [3.8, 4) is 11.4 Å². The highest BCUT2D eigenvalue weighted by molar-refractivity contribution is 5.93. The quantitative estimate of drug-likeness (QED) is 0.684. The molecule has 4 heterocycles. The second-order valence-corrected chi connectivity index (χ2v) is 7.23. The van der Waals surface area contributed by atoms with Gasteiger partial charge in [0.2, 0.25) is 17.6 Å². The molecule has 1 aliphatic heterocycles. The van der Waals surface area contributed by atoms with Crippen LogP contribution in [0.1, 0.15) is 43.1 Å². The molecule has 0 spiro atoms. The Bertz CT molecular complexity index is 996. The predicted octanol–water partition coefficient (Wildman–Crippen LogP) is 2.74. The van der Waals surface area contributed by atoms with Crippen molar-refractivity contribution in [3.05, 3.63) is 41.8 Å². The molecule has 1 fully saturated rings. The summed E-state index contributed by atoms with van der Waals surface area (Å²) >= 11 is 0. The fourth-order valence-corrected chi connectivity index (χ4v) is 3.83. The summed E-state index contributed by atoms with van der Waals surface area (Å²) in [5.74, 6) is 1.03. The van der Waals surface area contributed by atoms with E-state index in [9.17, 15) is 4.79 Å². The largest absolute Gasteiger partial charge is 0.337 e. The van der Waals surface area contributed by atoms with Gasteiger partial charge in [0.15, 0.2) is 0 Å². The van der Waals surface area contributed by atoms with Crippen molar-refractivity contribution < 1.29 is 9.32 Å². The number of carbonyl (C=O) groups is 1. The van der Waals surface area contributed by atoms with E-state index in [1.54, 1.807) is 12.4 Å². The molecule has 9 heteroatoms. The van der Waals surface area contributed by atoms with Gasteiger partial charge in [-0.3, -0.25) is 19.4 Å². The van der Waals surface area contributed by atoms with Crippen molar-refractivity contribution >= 4 is 11.6 Å². The number of hydrogen-bond acceptors (Lipinski definition) is 7. The number of anilines is 1. The first kappa shape index (κ1) is 19.3. The summed E-state index contributed by atoms with van der Waals surface area (Å²) in [6.45, 7) is 7.77. The highest BCUT2D eigenvalue weighted by Gasteiger charge is 2.32. The lowest BCUT2D eigenvalue weighted by molar-refractivity contribution is -0.117. The van der Waals surface area contributed by atoms with Gasteiger partial charge in [-0.1, -0.05) is 5.16 Å². The van der Waals surface area contributed by atoms with Crippen LogP contribution in [0.4, 0.5) is 5.69 Å². The van der Waals surface area contributed by atoms with E-state index in [1.165, 1.54) is 0 Å². The van der Waals surface area contributed by atoms with E-state index >= 15 is 0 Å². The number of likely N-dealkylation sites (tertiary alicyclic amines) is 1. The monoisotopic (exact) mass is 395 g/mol. The zero-order valence-corrected chi connectivity index (χ0v) is 16.9. The molecule has 0 radical (unpaired) electrons. The highest BCUT2D eigenvalue weighted by atomic mass is 16.5. The Balaban J connectivity index is 1.45. The number of carbonyl (C=O) groups excluding carboxylic acids is 1. The topological polar surface area (TPSA) is 102 Å². The molecular formula is C20H25N7O2. The van der Waals surface area contributed by atoms with Crippen LogP contribution in [-0.2, 0) is 11.3 Å². The number of pyridine rings is 1. The third-order valence-electron chi connectivity index (χ3n) is 5.32. The van der Waals surface area contributed by atoms with Crippen molar-refractivity contribution in [2.45, 2.75) is 46.2 Å². The standard InChI is InChI=1S/C20H25N7O2/c1-4-27-14(3)18(13(2)24-27)22-17(28)12-26-11-5-6-16(26)20-23-19(25-29-20)15-7-9-21-10-8-15/h7-10,16H,4-6,11-12H2,1-3H3,(H,22,28)/t16-/m0/s1. The van der Waals surface area contributed by atoms with Crippen molar-refractivity contribution in [2.75, 3.05) is 18.4 Å². The van der Waals surface area contributed by atoms with Crippen LogP contribution >= 0.6 is 0 Å². The molecule has 3 aromatic heterocycles. The van der Waals surface area contributed by atoms with E-state index in [4.69, 9.17) is 4.52 Å². The first-order chi connectivity index (χ1) is 14.1. The maximum atomic E-state index is 12.7. The minimum Gasteiger partial charge on any atom is -0.337 e. The molecule has 0 unspecified atom stereocenters. The molecule has 1 saturated heterocycles. The van der Waals surface area contributed by atoms with Crippen molar-refractivity contribution in [1.82, 2.24) is 29.8 Å². The Kier molecular flexibility index (Phi) is 5.39. The van der Waals surface area contributed by atoms with Gasteiger partial charge in [0, 0.05) is 24.5 Å². The molecule has 1 atom stereocenters. The van der Waals surface area contributed by atoms with Crippen LogP contribution in [0.5, 0.6) is 0 Å². The summed E-state index contributed by atoms with van der Waals surface area (Å²) in [4.78, 5) is 23.4. The zero-order chi connectivity index (χ0) is 20.4. The first-order valence-corrected chi connectivity index (χ1v) is 9.88. The molecule has 152 valence electrons. The third kappa shape index (κ3) is 3.91. The summed E-state index contributed by atoms with van der Waals surface area (Å²) in [5.41, 5.74) is 3.45. The lowest BCUT2D eigenvalue weighted by Gasteiger charge is -2.20. The fourth-order valence-electron chi connectivity index (χ4n) is 3.83. The SMILES string of the molecule is CCn1nc(C)c(NC(=O)CN2CCC[C@H]2c2nc(-c3ccncc3)no2)c1C. The van der Waals surface area contributed by atoms with E-state index in [0.717, 1.165) is 48.6 Å². The Labute approximate surface area is 169 Å². The van der Waals surface area contributed by atoms with Gasteiger partial charge in [-0.05, 0) is 52.3 Å². The highest BCUT2D eigenvalue weighted by Crippen LogP contribution is 2.32. The summed E-state index contributed by atoms with van der Waals surface area (Å²) in [6.07, 6.45) is 5.26. The molecule has 29 heavy (non-hydrogen) atoms. The number of aryl methyl sites for hydroxylation is 2. The average Bonchev–Trinajstić information content (AvgIpc) is 3.44. The van der Waals surface area contributed by atoms with Crippen LogP contribution in [0.3, 0.4) is 0 Å². The van der Waals surface area contributed by atoms with Gasteiger partial charge in [-0.25, -0.2) is 0 Å². The van der Waals surface area contributed by atoms with Crippen molar-refractivity contribution in [2.24, 2.45) is 0 Å². The average molecular weight is 395 g/mol. The van der Waals surface area contributed by atoms with Gasteiger partial charge < -0.3 is 9.84 Å². The van der Waals surface area contributed by atoms with Gasteiger partial charge in [-0.2, -0.15) is 10.1 Å². The maximum Gasteiger partial charge on any atom is 0.244 e. The number of hydrogen-bond donors (Lipinski definition) is 1. The summed E-state index contributed by atoms with van der Waals surface area (Å²) in [7, 11) is 0. The van der Waals surface area contributed by atoms with Crippen molar-refractivity contribution in [1.29, 1.82) is 0 Å². The Morgan fingerprint density at radius 2 is 2.10 bits per heavy atom. The number of nitrogens with one attached hydrogen (secondary N) is 1. The number of nitrogens with zero attached hydrogens (tertiary/aromatic N) is 6. The van der Waals surface area contributed by atoms with E-state index in [-0.39, 0.29) is 18.5 Å². The van der Waals surface area contributed by atoms with Crippen LogP contribution in [0.25, 0.3) is 11.4 Å². The Hall–Kier alpha value is -3.07. The number of rotatable bonds is 6. The van der Waals surface area contributed by atoms with Crippen molar-refractivity contribution in [3.63, 3.8) is 0 Å². The van der Waals surface area contributed by atoms with Crippen LogP contribution in [0.15, 0.2) is 29.0 Å². The van der Waals surface area contributed by atoms with Gasteiger partial charge in [0.05, 0.1) is 29.7 Å². The second-order valence-electron chi connectivity index (χ2n) is 7.23. The van der Waals surface area contributed by atoms with Crippen LogP contribution in [0.2, 0.25) is 0 Å². The molecular weight excluding hydrogens is 370 g/mol. The fraction of sp³-hybridized carbons (Fsp3) is 0.450. The Morgan fingerprint density at radius 3 is 2.83 bits per heavy atom. The van der Waals surface area contributed by atoms with Crippen LogP contribution < -0.4 is 5.32 Å². The minimum atomic E-state index is -0.0624. The molecule has 1 aliphatic rings. The molecule has 3 aromatic rings. The normalized spacial score (nSPS) is 17.0. The van der Waals surface area contributed by atoms with Crippen LogP contribution in [0, 0.1) is 13.8 Å². The first-order valence-electron chi connectivity index (χ1n) is 9.88. The molecule has 0 saturated carbocycles. The predicted molar refractivity (Wildman–Crippen MR) is 107 cm³/mol. The summed E-state index contributed by atoms with van der Waals surface area (Å²) in [5, 5.41) is 11.6. The summed E-state index contributed by atoms with van der Waals surface area (Å²) in [6, 6.07) is 3.63. The molecule has 9 nitrogen and oxygen atoms in total. The molecule has 0 aromatic carbocycles. The molecule has 4 rings (SSSR count). The smallest absolute Gasteiger partial charge is 0.244 e. The second kappa shape index (κ2) is 8.12. The van der Waals surface area contributed by atoms with Crippen LogP contribution in [-0.4, -0.2) is 48.8 Å². The number of amides is 1. The molecule has 1 N–H and O–H groups in total. The lowest BCUT2D eigenvalue weighted by Crippen LogP contribution is -2.33. The third-order valence-corrected chi connectivity index (χ3v) is 5.32.